The number of anilines is 1. The smallest absolute Gasteiger partial charge is 0.286 e. The van der Waals surface area contributed by atoms with Crippen molar-refractivity contribution in [2.45, 2.75) is 26.3 Å². The highest BCUT2D eigenvalue weighted by Gasteiger charge is 2.28. The van der Waals surface area contributed by atoms with Crippen molar-refractivity contribution < 1.29 is 37.1 Å². The van der Waals surface area contributed by atoms with E-state index in [0.717, 1.165) is 25.0 Å². The van der Waals surface area contributed by atoms with Crippen LogP contribution in [-0.4, -0.2) is 37.4 Å². The minimum absolute atomic E-state index is 0.0202. The number of benzene rings is 2. The van der Waals surface area contributed by atoms with Crippen LogP contribution < -0.4 is 19.7 Å². The molecule has 3 aromatic rings. The summed E-state index contributed by atoms with van der Waals surface area (Å²) in [5, 5.41) is 2.77. The number of carbonyl (C=O) groups excluding carboxylic acids is 3. The molecule has 1 N–H and O–H groups in total. The number of carbonyl (C=O) groups is 3. The van der Waals surface area contributed by atoms with Crippen LogP contribution in [0.15, 0.2) is 52.9 Å². The van der Waals surface area contributed by atoms with Crippen LogP contribution in [-0.2, 0) is 11.3 Å². The zero-order valence-electron chi connectivity index (χ0n) is 19.5. The molecule has 2 amide bonds. The lowest BCUT2D eigenvalue weighted by Gasteiger charge is -2.29. The fraction of sp³-hybridized carbons (Fsp3) is 0.269. The molecule has 0 saturated carbocycles. The molecule has 0 bridgehead atoms. The van der Waals surface area contributed by atoms with Crippen LogP contribution >= 0.6 is 0 Å². The summed E-state index contributed by atoms with van der Waals surface area (Å²) in [6, 6.07) is 10.5. The number of Topliss-reactive ketones (excluding diaryl/α,β-unsaturated/α-hetero) is 1. The largest absolute Gasteiger partial charge is 0.482 e. The van der Waals surface area contributed by atoms with Crippen LogP contribution in [0, 0.1) is 11.6 Å². The lowest BCUT2D eigenvalue weighted by Crippen LogP contribution is -2.38. The summed E-state index contributed by atoms with van der Waals surface area (Å²) < 4.78 is 43.2. The number of unbranched alkanes of at least 4 members (excludes halogenated alkanes) is 1. The molecule has 1 aromatic heterocycles. The van der Waals surface area contributed by atoms with Gasteiger partial charge in [-0.05, 0) is 48.9 Å². The molecule has 0 unspecified atom stereocenters. The van der Waals surface area contributed by atoms with Crippen molar-refractivity contribution in [3.63, 3.8) is 0 Å². The summed E-state index contributed by atoms with van der Waals surface area (Å²) in [5.41, 5.74) is 0.547. The third kappa shape index (κ3) is 5.70. The summed E-state index contributed by atoms with van der Waals surface area (Å²) in [7, 11) is 0. The van der Waals surface area contributed by atoms with Gasteiger partial charge in [0.1, 0.15) is 17.3 Å². The van der Waals surface area contributed by atoms with Gasteiger partial charge in [-0.2, -0.15) is 0 Å². The van der Waals surface area contributed by atoms with Crippen LogP contribution in [0.5, 0.6) is 11.5 Å². The number of nitrogens with zero attached hydrogens (tertiary/aromatic N) is 1. The molecular weight excluding hydrogens is 474 g/mol. The van der Waals surface area contributed by atoms with Gasteiger partial charge in [-0.25, -0.2) is 8.78 Å². The summed E-state index contributed by atoms with van der Waals surface area (Å²) in [6.07, 6.45) is 1.80. The number of halogens is 2. The Hall–Kier alpha value is -4.21. The quantitative estimate of drug-likeness (QED) is 0.331. The first-order chi connectivity index (χ1) is 17.4. The first-order valence-electron chi connectivity index (χ1n) is 11.4. The van der Waals surface area contributed by atoms with E-state index < -0.39 is 24.0 Å². The van der Waals surface area contributed by atoms with Crippen molar-refractivity contribution in [3.05, 3.63) is 77.2 Å². The van der Waals surface area contributed by atoms with Gasteiger partial charge in [-0.15, -0.1) is 0 Å². The van der Waals surface area contributed by atoms with Gasteiger partial charge in [-0.3, -0.25) is 19.3 Å². The van der Waals surface area contributed by atoms with Gasteiger partial charge in [-0.1, -0.05) is 13.3 Å². The van der Waals surface area contributed by atoms with E-state index >= 15 is 0 Å². The Kier molecular flexibility index (Phi) is 7.62. The molecule has 188 valence electrons. The van der Waals surface area contributed by atoms with Crippen LogP contribution in [0.4, 0.5) is 14.5 Å². The molecule has 10 heteroatoms. The number of ether oxygens (including phenoxy) is 2. The third-order valence-corrected chi connectivity index (χ3v) is 5.49. The standard InChI is InChI=1S/C26H24F2N2O6/c1-2-3-10-29-26(33)24-9-6-18(36-24)13-30-20-11-16(4-7-23(20)35-15-25(30)32)21(31)14-34-22-8-5-17(27)12-19(22)28/h4-9,11-12H,2-3,10,13-15H2,1H3,(H,29,33). The van der Waals surface area contributed by atoms with E-state index in [9.17, 15) is 23.2 Å². The van der Waals surface area contributed by atoms with Crippen molar-refractivity contribution in [2.75, 3.05) is 24.7 Å². The second kappa shape index (κ2) is 11.0. The van der Waals surface area contributed by atoms with E-state index in [1.54, 1.807) is 12.1 Å². The Morgan fingerprint density at radius 3 is 2.72 bits per heavy atom. The number of amides is 2. The number of rotatable bonds is 10. The molecule has 0 fully saturated rings. The molecule has 0 spiro atoms. The van der Waals surface area contributed by atoms with E-state index in [1.807, 2.05) is 6.92 Å². The maximum atomic E-state index is 13.8. The molecule has 0 radical (unpaired) electrons. The first-order valence-corrected chi connectivity index (χ1v) is 11.4. The average Bonchev–Trinajstić information content (AvgIpc) is 3.34. The maximum Gasteiger partial charge on any atom is 0.286 e. The van der Waals surface area contributed by atoms with Gasteiger partial charge in [0.25, 0.3) is 11.8 Å². The number of hydrogen-bond acceptors (Lipinski definition) is 6. The Labute approximate surface area is 205 Å². The number of fused-ring (bicyclic) bond motifs is 1. The number of ketones is 1. The van der Waals surface area contributed by atoms with Gasteiger partial charge in [0.05, 0.1) is 12.2 Å². The van der Waals surface area contributed by atoms with Gasteiger partial charge >= 0.3 is 0 Å². The minimum Gasteiger partial charge on any atom is -0.482 e. The Bertz CT molecular complexity index is 1290. The normalized spacial score (nSPS) is 12.6. The van der Waals surface area contributed by atoms with E-state index in [1.165, 1.54) is 23.1 Å². The van der Waals surface area contributed by atoms with Gasteiger partial charge in [0.15, 0.2) is 36.3 Å². The van der Waals surface area contributed by atoms with Crippen LogP contribution in [0.25, 0.3) is 0 Å². The first kappa shape index (κ1) is 24.9. The molecule has 2 heterocycles. The second-order valence-electron chi connectivity index (χ2n) is 8.11. The van der Waals surface area contributed by atoms with Crippen LogP contribution in [0.3, 0.4) is 0 Å². The summed E-state index contributed by atoms with van der Waals surface area (Å²) >= 11 is 0. The molecule has 1 aliphatic heterocycles. The third-order valence-electron chi connectivity index (χ3n) is 5.49. The highest BCUT2D eigenvalue weighted by atomic mass is 19.1. The SMILES string of the molecule is CCCCNC(=O)c1ccc(CN2C(=O)COc3ccc(C(=O)COc4ccc(F)cc4F)cc32)o1. The van der Waals surface area contributed by atoms with E-state index in [2.05, 4.69) is 5.32 Å². The van der Waals surface area contributed by atoms with Crippen molar-refractivity contribution in [1.82, 2.24) is 5.32 Å². The molecular formula is C26H24F2N2O6. The Balaban J connectivity index is 1.47. The van der Waals surface area contributed by atoms with Crippen LogP contribution in [0.1, 0.15) is 46.4 Å². The lowest BCUT2D eigenvalue weighted by atomic mass is 10.1. The molecule has 0 saturated heterocycles. The zero-order chi connectivity index (χ0) is 25.7. The minimum atomic E-state index is -0.921. The monoisotopic (exact) mass is 498 g/mol. The topological polar surface area (TPSA) is 98.1 Å². The fourth-order valence-corrected chi connectivity index (χ4v) is 3.57. The molecule has 36 heavy (non-hydrogen) atoms. The summed E-state index contributed by atoms with van der Waals surface area (Å²) in [6.45, 7) is 1.89. The highest BCUT2D eigenvalue weighted by molar-refractivity contribution is 6.02. The van der Waals surface area contributed by atoms with Gasteiger partial charge in [0.2, 0.25) is 0 Å². The average molecular weight is 498 g/mol. The molecule has 2 aromatic carbocycles. The van der Waals surface area contributed by atoms with E-state index in [-0.39, 0.29) is 42.0 Å². The van der Waals surface area contributed by atoms with Crippen LogP contribution in [0.2, 0.25) is 0 Å². The second-order valence-corrected chi connectivity index (χ2v) is 8.11. The summed E-state index contributed by atoms with van der Waals surface area (Å²) in [5.74, 6) is -2.21. The van der Waals surface area contributed by atoms with Crippen molar-refractivity contribution in [2.24, 2.45) is 0 Å². The van der Waals surface area contributed by atoms with Crippen molar-refractivity contribution in [3.8, 4) is 11.5 Å². The van der Waals surface area contributed by atoms with E-state index in [4.69, 9.17) is 13.9 Å². The molecule has 0 aliphatic carbocycles. The van der Waals surface area contributed by atoms with Crippen molar-refractivity contribution >= 4 is 23.3 Å². The summed E-state index contributed by atoms with van der Waals surface area (Å²) in [4.78, 5) is 38.9. The predicted octanol–water partition coefficient (Wildman–Crippen LogP) is 4.28. The molecule has 8 nitrogen and oxygen atoms in total. The van der Waals surface area contributed by atoms with E-state index in [0.29, 0.717) is 29.8 Å². The van der Waals surface area contributed by atoms with Crippen molar-refractivity contribution in [1.29, 1.82) is 0 Å². The predicted molar refractivity (Wildman–Crippen MR) is 125 cm³/mol. The zero-order valence-corrected chi connectivity index (χ0v) is 19.5. The molecule has 4 rings (SSSR count). The Morgan fingerprint density at radius 1 is 1.11 bits per heavy atom. The molecule has 0 atom stereocenters. The number of nitrogens with one attached hydrogen (secondary N) is 1. The molecule has 1 aliphatic rings. The number of furan rings is 1. The van der Waals surface area contributed by atoms with Gasteiger partial charge < -0.3 is 19.2 Å². The lowest BCUT2D eigenvalue weighted by molar-refractivity contribution is -0.121. The fourth-order valence-electron chi connectivity index (χ4n) is 3.57. The Morgan fingerprint density at radius 2 is 1.94 bits per heavy atom. The maximum absolute atomic E-state index is 13.8. The highest BCUT2D eigenvalue weighted by Crippen LogP contribution is 2.34. The number of hydrogen-bond donors (Lipinski definition) is 1. The van der Waals surface area contributed by atoms with Gasteiger partial charge in [0, 0.05) is 18.2 Å².